The maximum atomic E-state index is 10.9. The summed E-state index contributed by atoms with van der Waals surface area (Å²) in [5.74, 6) is 0.914. The molecule has 0 radical (unpaired) electrons. The van der Waals surface area contributed by atoms with Crippen molar-refractivity contribution in [1.29, 1.82) is 0 Å². The first-order valence-corrected chi connectivity index (χ1v) is 3.79. The monoisotopic (exact) mass is 177 g/mol. The number of rotatable bonds is 2. The average Bonchev–Trinajstić information content (AvgIpc) is 2.75. The first-order chi connectivity index (χ1) is 6.27. The molecule has 2 rings (SSSR count). The number of ketones is 1. The van der Waals surface area contributed by atoms with E-state index in [1.807, 2.05) is 0 Å². The van der Waals surface area contributed by atoms with Crippen LogP contribution in [0.4, 0.5) is 0 Å². The molecule has 66 valence electrons. The molecule has 0 aliphatic rings. The van der Waals surface area contributed by atoms with Gasteiger partial charge in [0.1, 0.15) is 5.69 Å². The molecule has 2 aromatic heterocycles. The van der Waals surface area contributed by atoms with Crippen LogP contribution in [-0.4, -0.2) is 10.9 Å². The van der Waals surface area contributed by atoms with Gasteiger partial charge in [-0.1, -0.05) is 5.16 Å². The van der Waals surface area contributed by atoms with Crippen LogP contribution in [0.5, 0.6) is 0 Å². The fourth-order valence-corrected chi connectivity index (χ4v) is 0.976. The second kappa shape index (κ2) is 2.90. The Morgan fingerprint density at radius 1 is 1.46 bits per heavy atom. The van der Waals surface area contributed by atoms with Crippen LogP contribution in [0.15, 0.2) is 33.4 Å². The molecule has 0 saturated carbocycles. The lowest BCUT2D eigenvalue weighted by molar-refractivity contribution is 0.100. The van der Waals surface area contributed by atoms with E-state index < -0.39 is 0 Å². The molecule has 0 N–H and O–H groups in total. The molecule has 0 aliphatic heterocycles. The minimum Gasteiger partial charge on any atom is -0.461 e. The fourth-order valence-electron chi connectivity index (χ4n) is 0.976. The molecule has 0 amide bonds. The molecule has 4 heteroatoms. The first kappa shape index (κ1) is 7.79. The molecule has 0 fully saturated rings. The van der Waals surface area contributed by atoms with Gasteiger partial charge in [-0.3, -0.25) is 4.79 Å². The Labute approximate surface area is 74.1 Å². The van der Waals surface area contributed by atoms with Gasteiger partial charge in [0, 0.05) is 13.0 Å². The number of hydrogen-bond acceptors (Lipinski definition) is 4. The maximum Gasteiger partial charge on any atom is 0.202 e. The highest BCUT2D eigenvalue weighted by Gasteiger charge is 2.11. The van der Waals surface area contributed by atoms with Crippen LogP contribution in [-0.2, 0) is 0 Å². The summed E-state index contributed by atoms with van der Waals surface area (Å²) in [6.45, 7) is 1.43. The highest BCUT2D eigenvalue weighted by atomic mass is 16.5. The summed E-state index contributed by atoms with van der Waals surface area (Å²) in [6, 6.07) is 5.04. The number of carbonyl (C=O) groups excluding carboxylic acids is 1. The zero-order valence-corrected chi connectivity index (χ0v) is 6.98. The van der Waals surface area contributed by atoms with E-state index in [2.05, 4.69) is 5.16 Å². The standard InChI is InChI=1S/C9H7NO3/c1-6(11)7-5-9(13-10-7)8-3-2-4-12-8/h2-5H,1H3. The minimum atomic E-state index is -0.124. The molecule has 0 aromatic carbocycles. The van der Waals surface area contributed by atoms with Gasteiger partial charge in [0.05, 0.1) is 6.26 Å². The molecule has 0 spiro atoms. The summed E-state index contributed by atoms with van der Waals surface area (Å²) in [6.07, 6.45) is 1.53. The number of Topliss-reactive ketones (excluding diaryl/α,β-unsaturated/α-hetero) is 1. The number of hydrogen-bond donors (Lipinski definition) is 0. The average molecular weight is 177 g/mol. The van der Waals surface area contributed by atoms with Gasteiger partial charge in [-0.05, 0) is 12.1 Å². The van der Waals surface area contributed by atoms with Gasteiger partial charge in [0.15, 0.2) is 11.5 Å². The zero-order chi connectivity index (χ0) is 9.26. The molecule has 0 unspecified atom stereocenters. The van der Waals surface area contributed by atoms with E-state index in [1.54, 1.807) is 18.2 Å². The van der Waals surface area contributed by atoms with Gasteiger partial charge in [-0.15, -0.1) is 0 Å². The predicted octanol–water partition coefficient (Wildman–Crippen LogP) is 2.14. The van der Waals surface area contributed by atoms with Gasteiger partial charge in [0.2, 0.25) is 5.76 Å². The van der Waals surface area contributed by atoms with Crippen molar-refractivity contribution >= 4 is 5.78 Å². The van der Waals surface area contributed by atoms with E-state index in [-0.39, 0.29) is 5.78 Å². The Balaban J connectivity index is 2.39. The minimum absolute atomic E-state index is 0.124. The van der Waals surface area contributed by atoms with E-state index in [9.17, 15) is 4.79 Å². The summed E-state index contributed by atoms with van der Waals surface area (Å²) in [4.78, 5) is 10.9. The number of furan rings is 1. The van der Waals surface area contributed by atoms with Crippen LogP contribution in [0.2, 0.25) is 0 Å². The van der Waals surface area contributed by atoms with Crippen molar-refractivity contribution in [3.63, 3.8) is 0 Å². The maximum absolute atomic E-state index is 10.9. The lowest BCUT2D eigenvalue weighted by Crippen LogP contribution is -1.89. The molecule has 0 atom stereocenters. The van der Waals surface area contributed by atoms with Gasteiger partial charge in [-0.25, -0.2) is 0 Å². The fraction of sp³-hybridized carbons (Fsp3) is 0.111. The van der Waals surface area contributed by atoms with E-state index in [1.165, 1.54) is 13.2 Å². The molecule has 4 nitrogen and oxygen atoms in total. The van der Waals surface area contributed by atoms with E-state index in [0.29, 0.717) is 17.2 Å². The van der Waals surface area contributed by atoms with Gasteiger partial charge >= 0.3 is 0 Å². The number of nitrogens with zero attached hydrogens (tertiary/aromatic N) is 1. The Hall–Kier alpha value is -1.84. The van der Waals surface area contributed by atoms with Crippen LogP contribution in [0, 0.1) is 0 Å². The normalized spacial score (nSPS) is 10.2. The smallest absolute Gasteiger partial charge is 0.202 e. The molecule has 0 saturated heterocycles. The summed E-state index contributed by atoms with van der Waals surface area (Å²) in [5.41, 5.74) is 0.311. The van der Waals surface area contributed by atoms with Crippen molar-refractivity contribution in [3.8, 4) is 11.5 Å². The van der Waals surface area contributed by atoms with Crippen LogP contribution in [0.1, 0.15) is 17.4 Å². The number of carbonyl (C=O) groups is 1. The molecule has 0 bridgehead atoms. The third-order valence-corrected chi connectivity index (χ3v) is 1.63. The predicted molar refractivity (Wildman–Crippen MR) is 44.2 cm³/mol. The van der Waals surface area contributed by atoms with E-state index in [0.717, 1.165) is 0 Å². The quantitative estimate of drug-likeness (QED) is 0.659. The third-order valence-electron chi connectivity index (χ3n) is 1.63. The van der Waals surface area contributed by atoms with Crippen LogP contribution < -0.4 is 0 Å². The Morgan fingerprint density at radius 2 is 2.31 bits per heavy atom. The van der Waals surface area contributed by atoms with Crippen molar-refractivity contribution in [2.75, 3.05) is 0 Å². The van der Waals surface area contributed by atoms with Crippen molar-refractivity contribution in [3.05, 3.63) is 30.2 Å². The first-order valence-electron chi connectivity index (χ1n) is 3.79. The van der Waals surface area contributed by atoms with Gasteiger partial charge < -0.3 is 8.94 Å². The molecular weight excluding hydrogens is 170 g/mol. The van der Waals surface area contributed by atoms with E-state index >= 15 is 0 Å². The molecular formula is C9H7NO3. The topological polar surface area (TPSA) is 56.2 Å². The molecule has 2 heterocycles. The molecule has 13 heavy (non-hydrogen) atoms. The second-order valence-electron chi connectivity index (χ2n) is 2.61. The second-order valence-corrected chi connectivity index (χ2v) is 2.61. The molecule has 2 aromatic rings. The van der Waals surface area contributed by atoms with Crippen LogP contribution in [0.25, 0.3) is 11.5 Å². The van der Waals surface area contributed by atoms with E-state index in [4.69, 9.17) is 8.94 Å². The summed E-state index contributed by atoms with van der Waals surface area (Å²) in [7, 11) is 0. The van der Waals surface area contributed by atoms with Crippen LogP contribution in [0.3, 0.4) is 0 Å². The summed E-state index contributed by atoms with van der Waals surface area (Å²) < 4.78 is 9.97. The zero-order valence-electron chi connectivity index (χ0n) is 6.98. The Bertz CT molecular complexity index is 414. The van der Waals surface area contributed by atoms with Gasteiger partial charge in [-0.2, -0.15) is 0 Å². The molecule has 0 aliphatic carbocycles. The van der Waals surface area contributed by atoms with Crippen molar-refractivity contribution in [2.24, 2.45) is 0 Å². The SMILES string of the molecule is CC(=O)c1cc(-c2ccco2)on1. The Kier molecular flexibility index (Phi) is 1.73. The highest BCUT2D eigenvalue weighted by Crippen LogP contribution is 2.20. The lowest BCUT2D eigenvalue weighted by Gasteiger charge is -1.83. The number of aromatic nitrogens is 1. The van der Waals surface area contributed by atoms with Crippen LogP contribution >= 0.6 is 0 Å². The third kappa shape index (κ3) is 1.38. The summed E-state index contributed by atoms with van der Waals surface area (Å²) >= 11 is 0. The van der Waals surface area contributed by atoms with Crippen molar-refractivity contribution in [2.45, 2.75) is 6.92 Å². The van der Waals surface area contributed by atoms with Crippen molar-refractivity contribution < 1.29 is 13.7 Å². The van der Waals surface area contributed by atoms with Gasteiger partial charge in [0.25, 0.3) is 0 Å². The highest BCUT2D eigenvalue weighted by molar-refractivity contribution is 5.92. The Morgan fingerprint density at radius 3 is 2.85 bits per heavy atom. The largest absolute Gasteiger partial charge is 0.461 e. The van der Waals surface area contributed by atoms with Crippen molar-refractivity contribution in [1.82, 2.24) is 5.16 Å². The summed E-state index contributed by atoms with van der Waals surface area (Å²) in [5, 5.41) is 3.59. The lowest BCUT2D eigenvalue weighted by atomic mass is 10.2.